The van der Waals surface area contributed by atoms with E-state index in [1.165, 1.54) is 83.2 Å². The minimum atomic E-state index is 0.518. The zero-order valence-corrected chi connectivity index (χ0v) is 17.5. The van der Waals surface area contributed by atoms with Crippen LogP contribution in [0.4, 0.5) is 0 Å². The van der Waals surface area contributed by atoms with Gasteiger partial charge in [-0.3, -0.25) is 14.8 Å². The molecule has 0 aromatic carbocycles. The quantitative estimate of drug-likeness (QED) is 0.641. The summed E-state index contributed by atoms with van der Waals surface area (Å²) in [6.45, 7) is 10.2. The van der Waals surface area contributed by atoms with Crippen LogP contribution in [0.1, 0.15) is 50.5 Å². The number of hydrogen-bond acceptors (Lipinski definition) is 5. The Balaban J connectivity index is 1.28. The number of pyridine rings is 1. The van der Waals surface area contributed by atoms with Gasteiger partial charge in [0.05, 0.1) is 6.61 Å². The third-order valence-corrected chi connectivity index (χ3v) is 6.86. The van der Waals surface area contributed by atoms with Crippen LogP contribution in [-0.4, -0.2) is 84.2 Å². The van der Waals surface area contributed by atoms with Gasteiger partial charge in [0.2, 0.25) is 0 Å². The monoisotopic (exact) mass is 386 g/mol. The number of hydrogen-bond donors (Lipinski definition) is 0. The van der Waals surface area contributed by atoms with Crippen molar-refractivity contribution in [3.63, 3.8) is 0 Å². The smallest absolute Gasteiger partial charge is 0.0637 e. The van der Waals surface area contributed by atoms with E-state index in [0.29, 0.717) is 12.1 Å². The number of piperidine rings is 2. The van der Waals surface area contributed by atoms with Crippen molar-refractivity contribution in [2.24, 2.45) is 0 Å². The minimum absolute atomic E-state index is 0.518. The number of fused-ring (bicyclic) bond motifs is 1. The highest BCUT2D eigenvalue weighted by molar-refractivity contribution is 5.09. The zero-order chi connectivity index (χ0) is 19.0. The van der Waals surface area contributed by atoms with E-state index >= 15 is 0 Å². The molecule has 0 N–H and O–H groups in total. The molecule has 4 heterocycles. The maximum Gasteiger partial charge on any atom is 0.0637 e. The fraction of sp³-hybridized carbons (Fsp3) is 0.783. The lowest BCUT2D eigenvalue weighted by molar-refractivity contribution is -0.0459. The Kier molecular flexibility index (Phi) is 7.73. The summed E-state index contributed by atoms with van der Waals surface area (Å²) in [6, 6.07) is 5.44. The van der Waals surface area contributed by atoms with Gasteiger partial charge < -0.3 is 9.64 Å². The average Bonchev–Trinajstić information content (AvgIpc) is 2.76. The molecule has 0 saturated carbocycles. The van der Waals surface area contributed by atoms with Gasteiger partial charge in [-0.1, -0.05) is 18.9 Å². The lowest BCUT2D eigenvalue weighted by Crippen LogP contribution is -2.62. The van der Waals surface area contributed by atoms with E-state index in [1.54, 1.807) is 0 Å². The van der Waals surface area contributed by atoms with Gasteiger partial charge in [0.25, 0.3) is 0 Å². The van der Waals surface area contributed by atoms with Gasteiger partial charge in [0.15, 0.2) is 0 Å². The molecule has 3 aliphatic heterocycles. The molecule has 0 bridgehead atoms. The summed E-state index contributed by atoms with van der Waals surface area (Å²) in [5.41, 5.74) is 1.32. The van der Waals surface area contributed by atoms with Crippen molar-refractivity contribution < 1.29 is 4.74 Å². The van der Waals surface area contributed by atoms with Gasteiger partial charge in [-0.05, 0) is 63.4 Å². The Hall–Kier alpha value is -1.01. The molecule has 156 valence electrons. The SMILES string of the molecule is c1cncc(CN2CCN3CCCC[C@H]3[C@@H]2COCCCN2CCCCC2)c1. The largest absolute Gasteiger partial charge is 0.380 e. The molecule has 5 heteroatoms. The second-order valence-corrected chi connectivity index (χ2v) is 8.83. The normalized spacial score (nSPS) is 27.6. The standard InChI is InChI=1S/C23H38N4O/c1-3-11-25(12-4-1)13-7-17-28-20-23-22-9-2-5-14-26(22)15-16-27(23)19-21-8-6-10-24-18-21/h6,8,10,18,22-23H,1-5,7,9,11-17,19-20H2/t22-,23-/m0/s1. The summed E-state index contributed by atoms with van der Waals surface area (Å²) in [5.74, 6) is 0. The van der Waals surface area contributed by atoms with Gasteiger partial charge in [0, 0.05) is 57.3 Å². The van der Waals surface area contributed by atoms with Crippen molar-refractivity contribution in [2.45, 2.75) is 63.6 Å². The van der Waals surface area contributed by atoms with Crippen LogP contribution >= 0.6 is 0 Å². The fourth-order valence-electron chi connectivity index (χ4n) is 5.31. The number of piperazine rings is 1. The Labute approximate surface area is 171 Å². The first-order valence-corrected chi connectivity index (χ1v) is 11.6. The first kappa shape index (κ1) is 20.3. The molecular formula is C23H38N4O. The van der Waals surface area contributed by atoms with E-state index in [2.05, 4.69) is 31.8 Å². The minimum Gasteiger partial charge on any atom is -0.380 e. The predicted molar refractivity (Wildman–Crippen MR) is 113 cm³/mol. The van der Waals surface area contributed by atoms with Crippen LogP contribution in [0.15, 0.2) is 24.5 Å². The topological polar surface area (TPSA) is 31.8 Å². The predicted octanol–water partition coefficient (Wildman–Crippen LogP) is 3.01. The van der Waals surface area contributed by atoms with Crippen LogP contribution in [0.25, 0.3) is 0 Å². The third-order valence-electron chi connectivity index (χ3n) is 6.86. The highest BCUT2D eigenvalue weighted by Crippen LogP contribution is 2.27. The number of nitrogens with zero attached hydrogens (tertiary/aromatic N) is 4. The summed E-state index contributed by atoms with van der Waals surface area (Å²) >= 11 is 0. The molecule has 0 amide bonds. The third kappa shape index (κ3) is 5.53. The highest BCUT2D eigenvalue weighted by Gasteiger charge is 2.37. The molecule has 0 spiro atoms. The van der Waals surface area contributed by atoms with Crippen LogP contribution in [-0.2, 0) is 11.3 Å². The van der Waals surface area contributed by atoms with Crippen LogP contribution in [0.2, 0.25) is 0 Å². The molecule has 3 fully saturated rings. The van der Waals surface area contributed by atoms with E-state index in [4.69, 9.17) is 4.74 Å². The second-order valence-electron chi connectivity index (χ2n) is 8.83. The number of rotatable bonds is 8. The molecule has 2 atom stereocenters. The number of aromatic nitrogens is 1. The maximum absolute atomic E-state index is 6.27. The first-order chi connectivity index (χ1) is 13.9. The second kappa shape index (κ2) is 10.7. The summed E-state index contributed by atoms with van der Waals surface area (Å²) in [4.78, 5) is 12.3. The molecule has 1 aromatic heterocycles. The lowest BCUT2D eigenvalue weighted by atomic mass is 9.92. The van der Waals surface area contributed by atoms with Crippen molar-refractivity contribution in [1.82, 2.24) is 19.7 Å². The Morgan fingerprint density at radius 1 is 1.00 bits per heavy atom. The van der Waals surface area contributed by atoms with Crippen molar-refractivity contribution in [1.29, 1.82) is 0 Å². The molecule has 3 saturated heterocycles. The van der Waals surface area contributed by atoms with Crippen molar-refractivity contribution in [3.8, 4) is 0 Å². The molecule has 1 aromatic rings. The zero-order valence-electron chi connectivity index (χ0n) is 17.5. The van der Waals surface area contributed by atoms with E-state index in [1.807, 2.05) is 12.4 Å². The molecule has 3 aliphatic rings. The van der Waals surface area contributed by atoms with Crippen LogP contribution in [0.3, 0.4) is 0 Å². The maximum atomic E-state index is 6.27. The van der Waals surface area contributed by atoms with Gasteiger partial charge in [-0.25, -0.2) is 0 Å². The Bertz CT molecular complexity index is 563. The average molecular weight is 387 g/mol. The molecule has 4 rings (SSSR count). The fourth-order valence-corrected chi connectivity index (χ4v) is 5.31. The lowest BCUT2D eigenvalue weighted by Gasteiger charge is -2.49. The van der Waals surface area contributed by atoms with Gasteiger partial charge in [0.1, 0.15) is 0 Å². The van der Waals surface area contributed by atoms with Crippen molar-refractivity contribution >= 4 is 0 Å². The summed E-state index contributed by atoms with van der Waals surface area (Å²) in [7, 11) is 0. The van der Waals surface area contributed by atoms with Crippen LogP contribution < -0.4 is 0 Å². The summed E-state index contributed by atoms with van der Waals surface area (Å²) in [6.07, 6.45) is 13.3. The Morgan fingerprint density at radius 2 is 1.89 bits per heavy atom. The van der Waals surface area contributed by atoms with E-state index < -0.39 is 0 Å². The molecule has 5 nitrogen and oxygen atoms in total. The van der Waals surface area contributed by atoms with Gasteiger partial charge in [-0.2, -0.15) is 0 Å². The molecule has 0 aliphatic carbocycles. The number of ether oxygens (including phenoxy) is 1. The number of likely N-dealkylation sites (tertiary alicyclic amines) is 1. The van der Waals surface area contributed by atoms with E-state index in [9.17, 15) is 0 Å². The summed E-state index contributed by atoms with van der Waals surface area (Å²) in [5, 5.41) is 0. The van der Waals surface area contributed by atoms with Crippen molar-refractivity contribution in [2.75, 3.05) is 52.5 Å². The van der Waals surface area contributed by atoms with Gasteiger partial charge in [-0.15, -0.1) is 0 Å². The van der Waals surface area contributed by atoms with Crippen LogP contribution in [0, 0.1) is 0 Å². The summed E-state index contributed by atoms with van der Waals surface area (Å²) < 4.78 is 6.27. The highest BCUT2D eigenvalue weighted by atomic mass is 16.5. The first-order valence-electron chi connectivity index (χ1n) is 11.6. The Morgan fingerprint density at radius 3 is 2.75 bits per heavy atom. The molecular weight excluding hydrogens is 348 g/mol. The van der Waals surface area contributed by atoms with E-state index in [0.717, 1.165) is 26.3 Å². The molecule has 28 heavy (non-hydrogen) atoms. The van der Waals surface area contributed by atoms with E-state index in [-0.39, 0.29) is 0 Å². The van der Waals surface area contributed by atoms with Gasteiger partial charge >= 0.3 is 0 Å². The van der Waals surface area contributed by atoms with Crippen LogP contribution in [0.5, 0.6) is 0 Å². The molecule has 0 unspecified atom stereocenters. The molecule has 0 radical (unpaired) electrons. The van der Waals surface area contributed by atoms with Crippen molar-refractivity contribution in [3.05, 3.63) is 30.1 Å².